The van der Waals surface area contributed by atoms with Gasteiger partial charge in [-0.1, -0.05) is 224 Å². The lowest BCUT2D eigenvalue weighted by Crippen LogP contribution is -2.28. The van der Waals surface area contributed by atoms with E-state index in [4.69, 9.17) is 0 Å². The largest absolute Gasteiger partial charge is 0.310 e. The summed E-state index contributed by atoms with van der Waals surface area (Å²) in [5.74, 6) is 0. The van der Waals surface area contributed by atoms with Crippen molar-refractivity contribution in [2.45, 2.75) is 10.8 Å². The standard InChI is InChI=1S/C74H48N2/c1-4-20-49(21-5-1)50-36-39-54(40-37-50)75(56-41-43-62-61-30-14-19-35-69(61)74(70(62)48-56)67-33-17-12-28-59(67)60-29-13-18-34-68(60)74)55-42-45-72-64(47-55)63-46-52(38-44-71(63)76(72)53-24-8-3-9-25-53)73(51-22-6-2-7-23-51)65-31-15-10-26-57(65)58-27-11-16-32-66(58)73/h1-48H. The van der Waals surface area contributed by atoms with Crippen LogP contribution in [-0.4, -0.2) is 4.57 Å². The van der Waals surface area contributed by atoms with Crippen molar-refractivity contribution in [2.24, 2.45) is 0 Å². The summed E-state index contributed by atoms with van der Waals surface area (Å²) in [5.41, 5.74) is 26.3. The first-order valence-electron chi connectivity index (χ1n) is 26.5. The highest BCUT2D eigenvalue weighted by molar-refractivity contribution is 6.11. The first-order chi connectivity index (χ1) is 37.7. The topological polar surface area (TPSA) is 8.17 Å². The Morgan fingerprint density at radius 2 is 0.645 bits per heavy atom. The average molecular weight is 965 g/mol. The zero-order chi connectivity index (χ0) is 50.0. The van der Waals surface area contributed by atoms with Gasteiger partial charge in [-0.3, -0.25) is 0 Å². The molecule has 1 heterocycles. The fourth-order valence-electron chi connectivity index (χ4n) is 14.1. The number of para-hydroxylation sites is 1. The van der Waals surface area contributed by atoms with Crippen molar-refractivity contribution in [2.75, 3.05) is 4.90 Å². The van der Waals surface area contributed by atoms with Gasteiger partial charge < -0.3 is 9.47 Å². The van der Waals surface area contributed by atoms with Gasteiger partial charge in [0.25, 0.3) is 0 Å². The molecule has 0 bridgehead atoms. The Hall–Kier alpha value is -9.76. The van der Waals surface area contributed by atoms with Crippen molar-refractivity contribution in [3.63, 3.8) is 0 Å². The molecular formula is C74H48N2. The van der Waals surface area contributed by atoms with Crippen LogP contribution in [0.2, 0.25) is 0 Å². The fraction of sp³-hybridized carbons (Fsp3) is 0.0270. The quantitative estimate of drug-likeness (QED) is 0.155. The number of hydrogen-bond donors (Lipinski definition) is 0. The molecule has 76 heavy (non-hydrogen) atoms. The molecule has 16 rings (SSSR count). The van der Waals surface area contributed by atoms with Crippen LogP contribution in [0.15, 0.2) is 291 Å². The summed E-state index contributed by atoms with van der Waals surface area (Å²) >= 11 is 0. The van der Waals surface area contributed by atoms with Crippen LogP contribution in [0.3, 0.4) is 0 Å². The highest BCUT2D eigenvalue weighted by atomic mass is 15.1. The van der Waals surface area contributed by atoms with Crippen LogP contribution in [0.5, 0.6) is 0 Å². The van der Waals surface area contributed by atoms with Gasteiger partial charge in [-0.2, -0.15) is 0 Å². The third-order valence-corrected chi connectivity index (χ3v) is 17.1. The SMILES string of the molecule is c1ccc(-c2ccc(N(c3ccc4c(c3)C3(c5ccccc5-c5ccccc53)c3ccccc3-4)c3ccc4c(c3)c3cc(C5(c6ccccc6)c6ccccc6-c6ccccc65)ccc3n4-c3ccccc3)cc2)cc1. The minimum absolute atomic E-state index is 0.479. The molecule has 1 spiro atoms. The molecule has 0 aliphatic heterocycles. The lowest BCUT2D eigenvalue weighted by Gasteiger charge is -2.34. The Morgan fingerprint density at radius 1 is 0.250 bits per heavy atom. The average Bonchev–Trinajstić information content (AvgIpc) is 4.35. The van der Waals surface area contributed by atoms with E-state index in [9.17, 15) is 0 Å². The second kappa shape index (κ2) is 16.4. The van der Waals surface area contributed by atoms with Crippen molar-refractivity contribution >= 4 is 38.9 Å². The van der Waals surface area contributed by atoms with Crippen LogP contribution in [0, 0.1) is 0 Å². The summed E-state index contributed by atoms with van der Waals surface area (Å²) in [6, 6.07) is 109. The third kappa shape index (κ3) is 5.81. The second-order valence-corrected chi connectivity index (χ2v) is 20.7. The van der Waals surface area contributed by atoms with Crippen LogP contribution in [0.1, 0.15) is 44.5 Å². The van der Waals surface area contributed by atoms with Gasteiger partial charge in [-0.15, -0.1) is 0 Å². The molecule has 2 heteroatoms. The van der Waals surface area contributed by atoms with Crippen LogP contribution < -0.4 is 4.90 Å². The molecular weight excluding hydrogens is 917 g/mol. The van der Waals surface area contributed by atoms with Crippen molar-refractivity contribution in [1.82, 2.24) is 4.57 Å². The van der Waals surface area contributed by atoms with Crippen LogP contribution >= 0.6 is 0 Å². The van der Waals surface area contributed by atoms with E-state index in [-0.39, 0.29) is 0 Å². The van der Waals surface area contributed by atoms with Crippen LogP contribution in [-0.2, 0) is 10.8 Å². The zero-order valence-electron chi connectivity index (χ0n) is 41.6. The molecule has 0 unspecified atom stereocenters. The van der Waals surface area contributed by atoms with Crippen molar-refractivity contribution in [3.8, 4) is 50.2 Å². The van der Waals surface area contributed by atoms with Gasteiger partial charge in [-0.25, -0.2) is 0 Å². The van der Waals surface area contributed by atoms with Gasteiger partial charge in [0, 0.05) is 33.5 Å². The highest BCUT2D eigenvalue weighted by Gasteiger charge is 2.52. The third-order valence-electron chi connectivity index (χ3n) is 17.1. The van der Waals surface area contributed by atoms with E-state index in [1.54, 1.807) is 0 Å². The predicted molar refractivity (Wildman–Crippen MR) is 315 cm³/mol. The van der Waals surface area contributed by atoms with Crippen molar-refractivity contribution in [3.05, 3.63) is 336 Å². The van der Waals surface area contributed by atoms with Crippen molar-refractivity contribution in [1.29, 1.82) is 0 Å². The lowest BCUT2D eigenvalue weighted by atomic mass is 9.67. The number of nitrogens with zero attached hydrogens (tertiary/aromatic N) is 2. The maximum Gasteiger partial charge on any atom is 0.0726 e. The summed E-state index contributed by atoms with van der Waals surface area (Å²) in [4.78, 5) is 2.49. The number of benzene rings is 12. The highest BCUT2D eigenvalue weighted by Crippen LogP contribution is 2.64. The zero-order valence-corrected chi connectivity index (χ0v) is 41.6. The van der Waals surface area contributed by atoms with Crippen molar-refractivity contribution < 1.29 is 0 Å². The number of aromatic nitrogens is 1. The Bertz CT molecular complexity index is 4340. The lowest BCUT2D eigenvalue weighted by molar-refractivity contribution is 0.770. The molecule has 0 atom stereocenters. The van der Waals surface area contributed by atoms with E-state index < -0.39 is 10.8 Å². The molecule has 2 nitrogen and oxygen atoms in total. The smallest absolute Gasteiger partial charge is 0.0726 e. The van der Waals surface area contributed by atoms with Crippen LogP contribution in [0.4, 0.5) is 17.1 Å². The van der Waals surface area contributed by atoms with E-state index >= 15 is 0 Å². The predicted octanol–water partition coefficient (Wildman–Crippen LogP) is 18.6. The Kier molecular flexibility index (Phi) is 9.20. The minimum atomic E-state index is -0.538. The summed E-state index contributed by atoms with van der Waals surface area (Å²) in [6.45, 7) is 0. The summed E-state index contributed by atoms with van der Waals surface area (Å²) in [5, 5.41) is 2.40. The molecule has 0 N–H and O–H groups in total. The summed E-state index contributed by atoms with van der Waals surface area (Å²) in [7, 11) is 0. The Balaban J connectivity index is 0.960. The summed E-state index contributed by atoms with van der Waals surface area (Å²) in [6.07, 6.45) is 0. The molecule has 0 fully saturated rings. The van der Waals surface area contributed by atoms with Gasteiger partial charge in [0.05, 0.1) is 21.9 Å². The molecule has 3 aliphatic rings. The van der Waals surface area contributed by atoms with Gasteiger partial charge in [0.2, 0.25) is 0 Å². The van der Waals surface area contributed by atoms with Gasteiger partial charge in [-0.05, 0) is 156 Å². The monoisotopic (exact) mass is 964 g/mol. The molecule has 354 valence electrons. The first-order valence-corrected chi connectivity index (χ1v) is 26.5. The molecule has 3 aliphatic carbocycles. The minimum Gasteiger partial charge on any atom is -0.310 e. The maximum atomic E-state index is 2.51. The Labute approximate surface area is 442 Å². The molecule has 1 aromatic heterocycles. The number of fused-ring (bicyclic) bond motifs is 16. The number of anilines is 3. The molecule has 12 aromatic carbocycles. The molecule has 0 radical (unpaired) electrons. The van der Waals surface area contributed by atoms with Gasteiger partial charge in [0.15, 0.2) is 0 Å². The first kappa shape index (κ1) is 42.7. The number of hydrogen-bond acceptors (Lipinski definition) is 1. The molecule has 0 amide bonds. The van der Waals surface area contributed by atoms with E-state index in [1.807, 2.05) is 0 Å². The van der Waals surface area contributed by atoms with Gasteiger partial charge >= 0.3 is 0 Å². The maximum absolute atomic E-state index is 2.51. The van der Waals surface area contributed by atoms with E-state index in [0.717, 1.165) is 28.3 Å². The van der Waals surface area contributed by atoms with E-state index in [0.29, 0.717) is 0 Å². The number of rotatable bonds is 7. The second-order valence-electron chi connectivity index (χ2n) is 20.7. The summed E-state index contributed by atoms with van der Waals surface area (Å²) < 4.78 is 2.45. The molecule has 0 saturated heterocycles. The molecule has 13 aromatic rings. The molecule has 0 saturated carbocycles. The Morgan fingerprint density at radius 3 is 1.20 bits per heavy atom. The van der Waals surface area contributed by atoms with E-state index in [1.165, 1.54) is 105 Å². The van der Waals surface area contributed by atoms with Crippen LogP contribution in [0.25, 0.3) is 72.0 Å². The van der Waals surface area contributed by atoms with Gasteiger partial charge in [0.1, 0.15) is 0 Å². The van der Waals surface area contributed by atoms with E-state index in [2.05, 4.69) is 301 Å². The normalized spacial score (nSPS) is 13.7. The fourth-order valence-corrected chi connectivity index (χ4v) is 14.1.